The van der Waals surface area contributed by atoms with E-state index in [1.54, 1.807) is 15.7 Å². The molecular formula is C19H16F2N6OS. The summed E-state index contributed by atoms with van der Waals surface area (Å²) in [5.41, 5.74) is 3.23. The molecule has 1 atom stereocenters. The van der Waals surface area contributed by atoms with E-state index in [1.807, 2.05) is 30.5 Å². The van der Waals surface area contributed by atoms with Crippen LogP contribution in [0.25, 0.3) is 5.52 Å². The molecular weight excluding hydrogens is 398 g/mol. The first-order valence-electron chi connectivity index (χ1n) is 9.03. The third-order valence-electron chi connectivity index (χ3n) is 4.95. The molecule has 1 amide bonds. The minimum absolute atomic E-state index is 0.175. The molecule has 1 aliphatic heterocycles. The molecule has 5 heterocycles. The van der Waals surface area contributed by atoms with Crippen molar-refractivity contribution in [3.05, 3.63) is 70.0 Å². The lowest BCUT2D eigenvalue weighted by Gasteiger charge is -2.33. The number of nitrogens with zero attached hydrogens (tertiary/aromatic N) is 5. The van der Waals surface area contributed by atoms with Gasteiger partial charge in [0.1, 0.15) is 10.9 Å². The van der Waals surface area contributed by atoms with E-state index in [0.717, 1.165) is 35.2 Å². The predicted molar refractivity (Wildman–Crippen MR) is 102 cm³/mol. The number of thiazole rings is 1. The SMILES string of the molecule is CC(F)(F)c1ncc(C(=O)N2CCc3[nH]cnc3C2c2cc3ccccn3n2)s1. The van der Waals surface area contributed by atoms with Crippen molar-refractivity contribution in [2.75, 3.05) is 6.54 Å². The van der Waals surface area contributed by atoms with Crippen LogP contribution in [0.5, 0.6) is 0 Å². The lowest BCUT2D eigenvalue weighted by molar-refractivity contribution is 0.0172. The Morgan fingerprint density at radius 2 is 2.21 bits per heavy atom. The Balaban J connectivity index is 1.57. The Labute approximate surface area is 168 Å². The first-order chi connectivity index (χ1) is 13.9. The summed E-state index contributed by atoms with van der Waals surface area (Å²) in [5.74, 6) is -3.43. The van der Waals surface area contributed by atoms with E-state index >= 15 is 0 Å². The smallest absolute Gasteiger partial charge is 0.296 e. The van der Waals surface area contributed by atoms with Gasteiger partial charge in [-0.3, -0.25) is 4.79 Å². The molecule has 4 aromatic heterocycles. The molecule has 0 aliphatic carbocycles. The van der Waals surface area contributed by atoms with E-state index in [4.69, 9.17) is 0 Å². The van der Waals surface area contributed by atoms with Crippen LogP contribution in [0.4, 0.5) is 8.78 Å². The quantitative estimate of drug-likeness (QED) is 0.557. The number of alkyl halides is 2. The minimum Gasteiger partial charge on any atom is -0.348 e. The van der Waals surface area contributed by atoms with Gasteiger partial charge in [-0.25, -0.2) is 14.5 Å². The minimum atomic E-state index is -3.08. The van der Waals surface area contributed by atoms with Gasteiger partial charge in [-0.1, -0.05) is 6.07 Å². The molecule has 1 unspecified atom stereocenters. The number of rotatable bonds is 3. The Hall–Kier alpha value is -3.14. The maximum absolute atomic E-state index is 13.6. The molecule has 10 heteroatoms. The van der Waals surface area contributed by atoms with Crippen molar-refractivity contribution in [1.82, 2.24) is 29.5 Å². The average molecular weight is 414 g/mol. The fourth-order valence-electron chi connectivity index (χ4n) is 3.60. The van der Waals surface area contributed by atoms with Crippen LogP contribution in [0.3, 0.4) is 0 Å². The number of pyridine rings is 1. The summed E-state index contributed by atoms with van der Waals surface area (Å²) in [4.78, 5) is 26.4. The molecule has 5 rings (SSSR count). The van der Waals surface area contributed by atoms with Crippen LogP contribution < -0.4 is 0 Å². The number of H-pyrrole nitrogens is 1. The van der Waals surface area contributed by atoms with E-state index in [9.17, 15) is 13.6 Å². The third-order valence-corrected chi connectivity index (χ3v) is 6.10. The number of halogens is 2. The van der Waals surface area contributed by atoms with Crippen molar-refractivity contribution >= 4 is 22.8 Å². The fraction of sp³-hybridized carbons (Fsp3) is 0.263. The number of aromatic amines is 1. The zero-order valence-electron chi connectivity index (χ0n) is 15.3. The monoisotopic (exact) mass is 414 g/mol. The topological polar surface area (TPSA) is 79.2 Å². The zero-order chi connectivity index (χ0) is 20.2. The Bertz CT molecular complexity index is 1170. The van der Waals surface area contributed by atoms with Crippen LogP contribution in [-0.4, -0.2) is 41.9 Å². The molecule has 29 heavy (non-hydrogen) atoms. The number of hydrogen-bond acceptors (Lipinski definition) is 5. The van der Waals surface area contributed by atoms with E-state index in [1.165, 1.54) is 6.20 Å². The standard InChI is InChI=1S/C19H16F2N6OS/c1-19(20,21)18-22-9-14(29-18)17(28)26-7-5-12-15(24-10-23-12)16(26)13-8-11-4-2-3-6-27(11)25-13/h2-4,6,8-10,16H,5,7H2,1H3,(H,23,24). The van der Waals surface area contributed by atoms with Crippen LogP contribution in [0, 0.1) is 0 Å². The van der Waals surface area contributed by atoms with Gasteiger partial charge in [-0.15, -0.1) is 11.3 Å². The fourth-order valence-corrected chi connectivity index (χ4v) is 4.41. The number of carbonyl (C=O) groups is 1. The van der Waals surface area contributed by atoms with Gasteiger partial charge >= 0.3 is 0 Å². The van der Waals surface area contributed by atoms with Gasteiger partial charge in [0.2, 0.25) is 0 Å². The zero-order valence-corrected chi connectivity index (χ0v) is 16.2. The maximum atomic E-state index is 13.6. The summed E-state index contributed by atoms with van der Waals surface area (Å²) in [6.45, 7) is 1.19. The lowest BCUT2D eigenvalue weighted by atomic mass is 9.99. The molecule has 7 nitrogen and oxygen atoms in total. The van der Waals surface area contributed by atoms with Gasteiger partial charge in [0.15, 0.2) is 5.01 Å². The van der Waals surface area contributed by atoms with Crippen molar-refractivity contribution in [2.45, 2.75) is 25.3 Å². The van der Waals surface area contributed by atoms with E-state index in [2.05, 4.69) is 20.1 Å². The van der Waals surface area contributed by atoms with E-state index in [-0.39, 0.29) is 15.8 Å². The molecule has 0 radical (unpaired) electrons. The number of imidazole rings is 1. The van der Waals surface area contributed by atoms with Gasteiger partial charge in [0.25, 0.3) is 11.8 Å². The molecule has 0 aromatic carbocycles. The highest BCUT2D eigenvalue weighted by Crippen LogP contribution is 2.36. The van der Waals surface area contributed by atoms with Gasteiger partial charge in [0, 0.05) is 31.8 Å². The molecule has 0 bridgehead atoms. The summed E-state index contributed by atoms with van der Waals surface area (Å²) in [6, 6.07) is 7.11. The highest BCUT2D eigenvalue weighted by Gasteiger charge is 2.38. The Kier molecular flexibility index (Phi) is 3.98. The van der Waals surface area contributed by atoms with Crippen LogP contribution >= 0.6 is 11.3 Å². The molecule has 148 valence electrons. The first kappa shape index (κ1) is 17.9. The predicted octanol–water partition coefficient (Wildman–Crippen LogP) is 3.41. The largest absolute Gasteiger partial charge is 0.348 e. The second kappa shape index (κ2) is 6.45. The van der Waals surface area contributed by atoms with Gasteiger partial charge in [0.05, 0.1) is 29.4 Å². The van der Waals surface area contributed by atoms with E-state index < -0.39 is 12.0 Å². The summed E-state index contributed by atoms with van der Waals surface area (Å²) in [5, 5.41) is 4.25. The van der Waals surface area contributed by atoms with Crippen molar-refractivity contribution in [3.63, 3.8) is 0 Å². The van der Waals surface area contributed by atoms with Gasteiger partial charge < -0.3 is 9.88 Å². The number of hydrogen-bond donors (Lipinski definition) is 1. The van der Waals surface area contributed by atoms with E-state index in [0.29, 0.717) is 18.7 Å². The summed E-state index contributed by atoms with van der Waals surface area (Å²) in [7, 11) is 0. The molecule has 0 fully saturated rings. The maximum Gasteiger partial charge on any atom is 0.296 e. The number of nitrogens with one attached hydrogen (secondary N) is 1. The van der Waals surface area contributed by atoms with Gasteiger partial charge in [-0.05, 0) is 18.2 Å². The lowest BCUT2D eigenvalue weighted by Crippen LogP contribution is -2.40. The third kappa shape index (κ3) is 3.00. The highest BCUT2D eigenvalue weighted by atomic mass is 32.1. The summed E-state index contributed by atoms with van der Waals surface area (Å²) >= 11 is 0.721. The molecule has 0 spiro atoms. The summed E-state index contributed by atoms with van der Waals surface area (Å²) in [6.07, 6.45) is 5.25. The number of carbonyl (C=O) groups excluding carboxylic acids is 1. The second-order valence-electron chi connectivity index (χ2n) is 6.97. The normalized spacial score (nSPS) is 16.9. The van der Waals surface area contributed by atoms with Crippen molar-refractivity contribution in [1.29, 1.82) is 0 Å². The highest BCUT2D eigenvalue weighted by molar-refractivity contribution is 7.13. The molecule has 4 aromatic rings. The molecule has 0 saturated heterocycles. The average Bonchev–Trinajstić information content (AvgIpc) is 3.44. The van der Waals surface area contributed by atoms with Crippen LogP contribution in [0.1, 0.15) is 44.7 Å². The van der Waals surface area contributed by atoms with Crippen LogP contribution in [0.15, 0.2) is 43.0 Å². The number of amides is 1. The van der Waals surface area contributed by atoms with Crippen molar-refractivity contribution < 1.29 is 13.6 Å². The second-order valence-corrected chi connectivity index (χ2v) is 8.01. The first-order valence-corrected chi connectivity index (χ1v) is 9.85. The Morgan fingerprint density at radius 1 is 1.34 bits per heavy atom. The molecule has 0 saturated carbocycles. The molecule has 1 N–H and O–H groups in total. The number of aromatic nitrogens is 5. The van der Waals surface area contributed by atoms with Gasteiger partial charge in [-0.2, -0.15) is 13.9 Å². The molecule has 1 aliphatic rings. The van der Waals surface area contributed by atoms with Crippen LogP contribution in [0.2, 0.25) is 0 Å². The van der Waals surface area contributed by atoms with Crippen molar-refractivity contribution in [2.24, 2.45) is 0 Å². The van der Waals surface area contributed by atoms with Crippen molar-refractivity contribution in [3.8, 4) is 0 Å². The number of fused-ring (bicyclic) bond motifs is 2. The summed E-state index contributed by atoms with van der Waals surface area (Å²) < 4.78 is 28.9. The Morgan fingerprint density at radius 3 is 2.97 bits per heavy atom. The van der Waals surface area contributed by atoms with Crippen LogP contribution in [-0.2, 0) is 12.3 Å².